The van der Waals surface area contributed by atoms with Gasteiger partial charge in [0.1, 0.15) is 11.2 Å². The number of rotatable bonds is 5. The second-order valence-corrected chi connectivity index (χ2v) is 9.92. The van der Waals surface area contributed by atoms with E-state index in [-0.39, 0.29) is 11.7 Å². The van der Waals surface area contributed by atoms with Gasteiger partial charge in [0.05, 0.1) is 19.8 Å². The number of hydrogen-bond acceptors (Lipinski definition) is 6. The van der Waals surface area contributed by atoms with Crippen molar-refractivity contribution in [2.75, 3.05) is 19.5 Å². The number of aromatic hydroxyl groups is 1. The van der Waals surface area contributed by atoms with Gasteiger partial charge >= 0.3 is 0 Å². The third-order valence-electron chi connectivity index (χ3n) is 6.90. The minimum atomic E-state index is -0.420. The Morgan fingerprint density at radius 3 is 2.47 bits per heavy atom. The monoisotopic (exact) mass is 430 g/mol. The van der Waals surface area contributed by atoms with E-state index in [1.807, 2.05) is 0 Å². The number of amides is 1. The van der Waals surface area contributed by atoms with Crippen molar-refractivity contribution in [3.63, 3.8) is 0 Å². The van der Waals surface area contributed by atoms with E-state index >= 15 is 0 Å². The van der Waals surface area contributed by atoms with E-state index in [1.165, 1.54) is 24.7 Å². The number of carbonyl (C=O) groups excluding carboxylic acids is 1. The Kier molecular flexibility index (Phi) is 5.34. The molecule has 0 fully saturated rings. The summed E-state index contributed by atoms with van der Waals surface area (Å²) in [5, 5.41) is 17.7. The smallest absolute Gasteiger partial charge is 0.256 e. The van der Waals surface area contributed by atoms with Crippen molar-refractivity contribution in [2.24, 2.45) is 11.3 Å². The molecule has 1 aromatic heterocycles. The van der Waals surface area contributed by atoms with Gasteiger partial charge in [0.15, 0.2) is 11.5 Å². The number of anilines is 1. The number of ether oxygens (including phenoxy) is 2. The van der Waals surface area contributed by atoms with Crippen LogP contribution in [0.25, 0.3) is 0 Å². The predicted octanol–water partition coefficient (Wildman–Crippen LogP) is 4.87. The Bertz CT molecular complexity index is 957. The van der Waals surface area contributed by atoms with Gasteiger partial charge in [-0.3, -0.25) is 4.79 Å². The molecule has 1 aliphatic carbocycles. The molecule has 1 aromatic carbocycles. The Balaban J connectivity index is 1.65. The molecule has 162 valence electrons. The van der Waals surface area contributed by atoms with E-state index < -0.39 is 6.17 Å². The fourth-order valence-electron chi connectivity index (χ4n) is 4.50. The van der Waals surface area contributed by atoms with E-state index in [2.05, 4.69) is 31.4 Å². The number of benzene rings is 1. The van der Waals surface area contributed by atoms with Gasteiger partial charge in [0.2, 0.25) is 5.75 Å². The zero-order valence-corrected chi connectivity index (χ0v) is 19.0. The summed E-state index contributed by atoms with van der Waals surface area (Å²) >= 11 is 1.71. The number of phenolic OH excluding ortho intramolecular Hbond substituents is 1. The van der Waals surface area contributed by atoms with Crippen molar-refractivity contribution in [1.82, 2.24) is 5.32 Å². The van der Waals surface area contributed by atoms with Crippen LogP contribution in [0.3, 0.4) is 0 Å². The molecular weight excluding hydrogens is 400 g/mol. The molecule has 7 heteroatoms. The first-order chi connectivity index (χ1) is 14.3. The maximum atomic E-state index is 13.1. The highest BCUT2D eigenvalue weighted by Gasteiger charge is 2.37. The van der Waals surface area contributed by atoms with Crippen molar-refractivity contribution in [3.05, 3.63) is 33.7 Å². The van der Waals surface area contributed by atoms with Gasteiger partial charge in [0.25, 0.3) is 5.91 Å². The van der Waals surface area contributed by atoms with E-state index in [0.29, 0.717) is 22.8 Å². The number of hydrogen-bond donors (Lipinski definition) is 3. The molecule has 0 bridgehead atoms. The van der Waals surface area contributed by atoms with E-state index in [4.69, 9.17) is 9.47 Å². The number of thiophene rings is 1. The summed E-state index contributed by atoms with van der Waals surface area (Å²) in [6.45, 7) is 6.96. The summed E-state index contributed by atoms with van der Waals surface area (Å²) in [7, 11) is 2.98. The molecule has 3 N–H and O–H groups in total. The van der Waals surface area contributed by atoms with Gasteiger partial charge < -0.3 is 25.2 Å². The SMILES string of the molecule is CCC(C)(C)[C@@H]1CCc2c(sc3c2C(=O)N[C@@H](c2cc(OC)c(O)c(OC)c2)N3)C1. The van der Waals surface area contributed by atoms with Crippen molar-refractivity contribution in [1.29, 1.82) is 0 Å². The molecule has 30 heavy (non-hydrogen) atoms. The standard InChI is InChI=1S/C23H30N2O4S/c1-6-23(2,3)13-7-8-14-17(11-13)30-22-18(14)21(27)24-20(25-22)12-9-15(28-4)19(26)16(10-12)29-5/h9-10,13,20,25-26H,6-8,11H2,1-5H3,(H,24,27)/t13-,20-/m1/s1. The molecular formula is C23H30N2O4S. The highest BCUT2D eigenvalue weighted by Crippen LogP contribution is 2.47. The molecule has 0 unspecified atom stereocenters. The normalized spacial score (nSPS) is 20.6. The van der Waals surface area contributed by atoms with Crippen LogP contribution in [-0.2, 0) is 12.8 Å². The fraction of sp³-hybridized carbons (Fsp3) is 0.522. The lowest BCUT2D eigenvalue weighted by atomic mass is 9.69. The minimum Gasteiger partial charge on any atom is -0.502 e. The molecule has 2 aromatic rings. The first-order valence-corrected chi connectivity index (χ1v) is 11.3. The maximum Gasteiger partial charge on any atom is 0.256 e. The van der Waals surface area contributed by atoms with Gasteiger partial charge in [-0.25, -0.2) is 0 Å². The van der Waals surface area contributed by atoms with Crippen LogP contribution in [0.2, 0.25) is 0 Å². The molecule has 2 atom stereocenters. The zero-order chi connectivity index (χ0) is 21.6. The second-order valence-electron chi connectivity index (χ2n) is 8.81. The molecule has 4 rings (SSSR count). The molecule has 1 amide bonds. The van der Waals surface area contributed by atoms with Crippen molar-refractivity contribution < 1.29 is 19.4 Å². The summed E-state index contributed by atoms with van der Waals surface area (Å²) in [6.07, 6.45) is 3.85. The first kappa shape index (κ1) is 20.8. The van der Waals surface area contributed by atoms with Crippen molar-refractivity contribution >= 4 is 22.2 Å². The molecule has 1 aliphatic heterocycles. The lowest BCUT2D eigenvalue weighted by molar-refractivity contribution is 0.0934. The van der Waals surface area contributed by atoms with Crippen LogP contribution in [0.4, 0.5) is 5.00 Å². The van der Waals surface area contributed by atoms with E-state index in [1.54, 1.807) is 23.5 Å². The number of phenols is 1. The highest BCUT2D eigenvalue weighted by molar-refractivity contribution is 7.16. The van der Waals surface area contributed by atoms with Crippen LogP contribution in [-0.4, -0.2) is 25.2 Å². The quantitative estimate of drug-likeness (QED) is 0.631. The van der Waals surface area contributed by atoms with Gasteiger partial charge in [-0.1, -0.05) is 27.2 Å². The van der Waals surface area contributed by atoms with E-state index in [0.717, 1.165) is 41.8 Å². The van der Waals surface area contributed by atoms with Crippen molar-refractivity contribution in [3.8, 4) is 17.2 Å². The maximum absolute atomic E-state index is 13.1. The number of nitrogens with one attached hydrogen (secondary N) is 2. The van der Waals surface area contributed by atoms with Gasteiger partial charge in [-0.15, -0.1) is 11.3 Å². The average molecular weight is 431 g/mol. The van der Waals surface area contributed by atoms with Gasteiger partial charge in [-0.2, -0.15) is 0 Å². The lowest BCUT2D eigenvalue weighted by Crippen LogP contribution is -2.38. The predicted molar refractivity (Wildman–Crippen MR) is 119 cm³/mol. The Morgan fingerprint density at radius 2 is 1.87 bits per heavy atom. The van der Waals surface area contributed by atoms with Crippen molar-refractivity contribution in [2.45, 2.75) is 52.6 Å². The summed E-state index contributed by atoms with van der Waals surface area (Å²) in [4.78, 5) is 14.4. The topological polar surface area (TPSA) is 79.8 Å². The summed E-state index contributed by atoms with van der Waals surface area (Å²) in [5.74, 6) is 1.15. The Hall–Kier alpha value is -2.41. The lowest BCUT2D eigenvalue weighted by Gasteiger charge is -2.36. The van der Waals surface area contributed by atoms with Crippen LogP contribution in [0.15, 0.2) is 12.1 Å². The van der Waals surface area contributed by atoms with Gasteiger partial charge in [-0.05, 0) is 48.3 Å². The zero-order valence-electron chi connectivity index (χ0n) is 18.2. The third kappa shape index (κ3) is 3.39. The Labute approximate surface area is 181 Å². The minimum absolute atomic E-state index is 0.0505. The van der Waals surface area contributed by atoms with E-state index in [9.17, 15) is 9.90 Å². The third-order valence-corrected chi connectivity index (χ3v) is 8.08. The molecule has 0 saturated heterocycles. The summed E-state index contributed by atoms with van der Waals surface area (Å²) < 4.78 is 10.5. The van der Waals surface area contributed by atoms with Crippen LogP contribution in [0, 0.1) is 11.3 Å². The summed E-state index contributed by atoms with van der Waals surface area (Å²) in [6, 6.07) is 3.43. The number of fused-ring (bicyclic) bond motifs is 3. The number of methoxy groups -OCH3 is 2. The molecule has 0 spiro atoms. The Morgan fingerprint density at radius 1 is 1.20 bits per heavy atom. The number of carbonyl (C=O) groups is 1. The summed E-state index contributed by atoms with van der Waals surface area (Å²) in [5.41, 5.74) is 3.08. The first-order valence-electron chi connectivity index (χ1n) is 10.5. The molecule has 0 radical (unpaired) electrons. The molecule has 2 aliphatic rings. The largest absolute Gasteiger partial charge is 0.502 e. The average Bonchev–Trinajstić information content (AvgIpc) is 3.12. The highest BCUT2D eigenvalue weighted by atomic mass is 32.1. The van der Waals surface area contributed by atoms with Crippen LogP contribution >= 0.6 is 11.3 Å². The van der Waals surface area contributed by atoms with Crippen LogP contribution in [0.1, 0.15) is 66.1 Å². The van der Waals surface area contributed by atoms with Crippen LogP contribution < -0.4 is 20.1 Å². The molecule has 2 heterocycles. The second kappa shape index (κ2) is 7.69. The van der Waals surface area contributed by atoms with Gasteiger partial charge in [0, 0.05) is 10.4 Å². The molecule has 6 nitrogen and oxygen atoms in total. The molecule has 0 saturated carbocycles. The van der Waals surface area contributed by atoms with Crippen LogP contribution in [0.5, 0.6) is 17.2 Å². The fourth-order valence-corrected chi connectivity index (χ4v) is 5.85.